The van der Waals surface area contributed by atoms with Gasteiger partial charge in [0.05, 0.1) is 16.9 Å². The molecule has 0 N–H and O–H groups in total. The van der Waals surface area contributed by atoms with E-state index in [1.54, 1.807) is 6.20 Å². The van der Waals surface area contributed by atoms with E-state index >= 15 is 0 Å². The Balaban J connectivity index is 0.972. The fourth-order valence-electron chi connectivity index (χ4n) is 6.73. The second-order valence-corrected chi connectivity index (χ2v) is 12.5. The smallest absolute Gasteiger partial charge is 0.410 e. The molecule has 0 atom stereocenters. The van der Waals surface area contributed by atoms with Crippen LogP contribution in [0.25, 0.3) is 38.9 Å². The van der Waals surface area contributed by atoms with Crippen molar-refractivity contribution in [3.63, 3.8) is 0 Å². The van der Waals surface area contributed by atoms with Crippen molar-refractivity contribution in [3.8, 4) is 22.5 Å². The highest BCUT2D eigenvalue weighted by Crippen LogP contribution is 2.42. The Morgan fingerprint density at radius 2 is 1.59 bits per heavy atom. The van der Waals surface area contributed by atoms with Gasteiger partial charge in [-0.1, -0.05) is 90.5 Å². The average Bonchev–Trinajstić information content (AvgIpc) is 3.47. The molecule has 0 unspecified atom stereocenters. The van der Waals surface area contributed by atoms with Crippen LogP contribution in [0.3, 0.4) is 0 Å². The Kier molecular flexibility index (Phi) is 7.60. The van der Waals surface area contributed by atoms with Crippen LogP contribution in [0.4, 0.5) is 4.79 Å². The van der Waals surface area contributed by atoms with E-state index in [1.165, 1.54) is 0 Å². The largest absolute Gasteiger partial charge is 0.445 e. The van der Waals surface area contributed by atoms with Gasteiger partial charge < -0.3 is 9.64 Å². The van der Waals surface area contributed by atoms with Crippen molar-refractivity contribution in [2.45, 2.75) is 31.4 Å². The Bertz CT molecular complexity index is 2020. The summed E-state index contributed by atoms with van der Waals surface area (Å²) in [5.74, 6) is 1.32. The first-order valence-corrected chi connectivity index (χ1v) is 16.2. The summed E-state index contributed by atoms with van der Waals surface area (Å²) < 4.78 is 7.67. The Labute approximate surface area is 272 Å². The second-order valence-electron chi connectivity index (χ2n) is 12.1. The van der Waals surface area contributed by atoms with Gasteiger partial charge in [-0.2, -0.15) is 0 Å². The van der Waals surface area contributed by atoms with Crippen molar-refractivity contribution < 1.29 is 9.53 Å². The van der Waals surface area contributed by atoms with Crippen LogP contribution in [0.2, 0.25) is 5.15 Å². The molecule has 1 saturated carbocycles. The van der Waals surface area contributed by atoms with Gasteiger partial charge in [-0.25, -0.2) is 19.7 Å². The van der Waals surface area contributed by atoms with E-state index in [0.717, 1.165) is 76.3 Å². The summed E-state index contributed by atoms with van der Waals surface area (Å²) in [4.78, 5) is 31.6. The van der Waals surface area contributed by atoms with E-state index in [0.29, 0.717) is 36.8 Å². The summed E-state index contributed by atoms with van der Waals surface area (Å²) in [6.45, 7) is 3.34. The van der Waals surface area contributed by atoms with E-state index < -0.39 is 0 Å². The van der Waals surface area contributed by atoms with Gasteiger partial charge in [0.1, 0.15) is 17.9 Å². The van der Waals surface area contributed by atoms with Gasteiger partial charge in [-0.3, -0.25) is 9.30 Å². The summed E-state index contributed by atoms with van der Waals surface area (Å²) >= 11 is 6.72. The maximum atomic E-state index is 12.6. The average molecular weight is 629 g/mol. The number of ether oxygens (including phenoxy) is 1. The molecule has 8 rings (SSSR count). The lowest BCUT2D eigenvalue weighted by atomic mass is 9.78. The number of nitrogens with zero attached hydrogens (tertiary/aromatic N) is 6. The van der Waals surface area contributed by atoms with Gasteiger partial charge in [-0.15, -0.1) is 0 Å². The second kappa shape index (κ2) is 12.2. The number of hydrogen-bond acceptors (Lipinski definition) is 6. The van der Waals surface area contributed by atoms with E-state index in [9.17, 15) is 4.79 Å². The van der Waals surface area contributed by atoms with E-state index in [4.69, 9.17) is 26.3 Å². The molecule has 1 saturated heterocycles. The van der Waals surface area contributed by atoms with Crippen LogP contribution in [-0.4, -0.2) is 67.5 Å². The van der Waals surface area contributed by atoms with Gasteiger partial charge in [0.15, 0.2) is 5.15 Å². The van der Waals surface area contributed by atoms with Crippen LogP contribution in [0, 0.1) is 0 Å². The molecule has 3 aromatic carbocycles. The molecular weight excluding hydrogens is 596 g/mol. The highest BCUT2D eigenvalue weighted by Gasteiger charge is 2.39. The van der Waals surface area contributed by atoms with Crippen LogP contribution in [0.1, 0.15) is 30.1 Å². The molecule has 9 heteroatoms. The number of carbonyl (C=O) groups is 1. The van der Waals surface area contributed by atoms with Crippen LogP contribution in [0.15, 0.2) is 103 Å². The summed E-state index contributed by atoms with van der Waals surface area (Å²) in [6, 6.07) is 30.9. The minimum Gasteiger partial charge on any atom is -0.445 e. The van der Waals surface area contributed by atoms with Crippen molar-refractivity contribution in [2.75, 3.05) is 26.2 Å². The zero-order chi connectivity index (χ0) is 31.0. The van der Waals surface area contributed by atoms with Crippen molar-refractivity contribution >= 4 is 34.1 Å². The molecule has 2 fully saturated rings. The SMILES string of the molecule is O=C(OCc1ccccc1)N1CCN([C@H]2C[C@@H](c3nc(-c4ccc5ccc(-c6ccccc6)nc5c4)c4c(Cl)nccn43)C2)CC1. The highest BCUT2D eigenvalue weighted by molar-refractivity contribution is 6.33. The third-order valence-electron chi connectivity index (χ3n) is 9.34. The summed E-state index contributed by atoms with van der Waals surface area (Å²) in [7, 11) is 0. The fraction of sp³-hybridized carbons (Fsp3) is 0.243. The number of pyridine rings is 1. The summed E-state index contributed by atoms with van der Waals surface area (Å²) in [5, 5.41) is 1.51. The maximum absolute atomic E-state index is 12.6. The standard InChI is InChI=1S/C37H33ClN6O2/c38-35-34-33(28-12-11-27-13-14-31(40-32(27)23-28)26-9-5-2-6-10-26)41-36(44(34)16-15-39-35)29-21-30(22-29)42-17-19-43(20-18-42)37(45)46-24-25-7-3-1-4-8-25/h1-16,23,29-30H,17-22,24H2/t29-,30+. The van der Waals surface area contributed by atoms with Crippen LogP contribution < -0.4 is 0 Å². The molecular formula is C37H33ClN6O2. The van der Waals surface area contributed by atoms with Crippen LogP contribution in [0.5, 0.6) is 0 Å². The van der Waals surface area contributed by atoms with Gasteiger partial charge in [-0.05, 0) is 30.5 Å². The quantitative estimate of drug-likeness (QED) is 0.191. The molecule has 0 spiro atoms. The van der Waals surface area contributed by atoms with E-state index in [2.05, 4.69) is 56.7 Å². The normalized spacial score (nSPS) is 18.5. The minimum absolute atomic E-state index is 0.239. The van der Waals surface area contributed by atoms with Gasteiger partial charge >= 0.3 is 6.09 Å². The first kappa shape index (κ1) is 28.7. The van der Waals surface area contributed by atoms with Gasteiger partial charge in [0.2, 0.25) is 0 Å². The predicted octanol–water partition coefficient (Wildman–Crippen LogP) is 7.47. The molecule has 6 aromatic rings. The van der Waals surface area contributed by atoms with Crippen molar-refractivity contribution in [3.05, 3.63) is 120 Å². The zero-order valence-corrected chi connectivity index (χ0v) is 26.1. The summed E-state index contributed by atoms with van der Waals surface area (Å²) in [5.41, 5.74) is 6.54. The molecule has 3 aromatic heterocycles. The van der Waals surface area contributed by atoms with E-state index in [-0.39, 0.29) is 6.09 Å². The van der Waals surface area contributed by atoms with Crippen LogP contribution in [-0.2, 0) is 11.3 Å². The molecule has 46 heavy (non-hydrogen) atoms. The number of piperazine rings is 1. The molecule has 1 amide bonds. The molecule has 1 aliphatic heterocycles. The number of hydrogen-bond donors (Lipinski definition) is 0. The van der Waals surface area contributed by atoms with E-state index in [1.807, 2.05) is 59.6 Å². The highest BCUT2D eigenvalue weighted by atomic mass is 35.5. The van der Waals surface area contributed by atoms with Gasteiger partial charge in [0, 0.05) is 67.0 Å². The third kappa shape index (κ3) is 5.48. The molecule has 230 valence electrons. The first-order chi connectivity index (χ1) is 22.6. The van der Waals surface area contributed by atoms with Crippen molar-refractivity contribution in [1.82, 2.24) is 29.2 Å². The lowest BCUT2D eigenvalue weighted by Gasteiger charge is -2.45. The summed E-state index contributed by atoms with van der Waals surface area (Å²) in [6.07, 6.45) is 5.49. The molecule has 0 radical (unpaired) electrons. The number of rotatable bonds is 6. The Hall–Kier alpha value is -4.79. The first-order valence-electron chi connectivity index (χ1n) is 15.8. The maximum Gasteiger partial charge on any atom is 0.410 e. The zero-order valence-electron chi connectivity index (χ0n) is 25.3. The molecule has 4 heterocycles. The van der Waals surface area contributed by atoms with Crippen LogP contribution >= 0.6 is 11.6 Å². The molecule has 2 aliphatic rings. The lowest BCUT2D eigenvalue weighted by molar-refractivity contribution is 0.0367. The predicted molar refractivity (Wildman–Crippen MR) is 180 cm³/mol. The fourth-order valence-corrected chi connectivity index (χ4v) is 6.96. The van der Waals surface area contributed by atoms with Crippen molar-refractivity contribution in [2.24, 2.45) is 0 Å². The number of halogens is 1. The number of fused-ring (bicyclic) bond motifs is 2. The molecule has 1 aliphatic carbocycles. The number of carbonyl (C=O) groups excluding carboxylic acids is 1. The number of aromatic nitrogens is 4. The number of imidazole rings is 1. The third-order valence-corrected chi connectivity index (χ3v) is 9.62. The van der Waals surface area contributed by atoms with Crippen molar-refractivity contribution in [1.29, 1.82) is 0 Å². The monoisotopic (exact) mass is 628 g/mol. The molecule has 0 bridgehead atoms. The number of amides is 1. The Morgan fingerprint density at radius 1 is 0.848 bits per heavy atom. The lowest BCUT2D eigenvalue weighted by Crippen LogP contribution is -2.54. The molecule has 8 nitrogen and oxygen atoms in total. The Morgan fingerprint density at radius 3 is 2.37 bits per heavy atom. The van der Waals surface area contributed by atoms with Gasteiger partial charge in [0.25, 0.3) is 0 Å². The minimum atomic E-state index is -0.239. The number of benzene rings is 3. The topological polar surface area (TPSA) is 75.9 Å².